The van der Waals surface area contributed by atoms with Crippen LogP contribution in [-0.4, -0.2) is 42.9 Å². The Morgan fingerprint density at radius 3 is 2.43 bits per heavy atom. The molecule has 5 heteroatoms. The Hall–Kier alpha value is -0.810. The molecular weight excluding hydrogens is 182 g/mol. The number of hydrogen-bond donors (Lipinski definition) is 2. The number of hydroxylamine groups is 2. The van der Waals surface area contributed by atoms with E-state index in [2.05, 4.69) is 10.6 Å². The lowest BCUT2D eigenvalue weighted by Crippen LogP contribution is -2.48. The van der Waals surface area contributed by atoms with Gasteiger partial charge in [0.05, 0.1) is 0 Å². The van der Waals surface area contributed by atoms with Gasteiger partial charge in [-0.2, -0.15) is 0 Å². The number of nitrogens with zero attached hydrogens (tertiary/aromatic N) is 1. The highest BCUT2D eigenvalue weighted by atomic mass is 16.7. The Morgan fingerprint density at radius 2 is 1.93 bits per heavy atom. The van der Waals surface area contributed by atoms with Gasteiger partial charge >= 0.3 is 6.09 Å². The third kappa shape index (κ3) is 4.43. The van der Waals surface area contributed by atoms with Crippen molar-refractivity contribution >= 4 is 6.09 Å². The monoisotopic (exact) mass is 201 g/mol. The first-order chi connectivity index (χ1) is 6.47. The molecule has 82 valence electrons. The highest BCUT2D eigenvalue weighted by Crippen LogP contribution is 2.01. The standard InChI is InChI=1S/C9H19N3O2/c1-9(2,3)11-8(13)14-12-6-4-10-5-7-12/h10H,4-7H2,1-3H3,(H,11,13). The lowest BCUT2D eigenvalue weighted by atomic mass is 10.1. The van der Waals surface area contributed by atoms with Crippen LogP contribution < -0.4 is 10.6 Å². The molecule has 1 rings (SSSR count). The normalized spacial score (nSPS) is 19.1. The van der Waals surface area contributed by atoms with Crippen molar-refractivity contribution in [1.29, 1.82) is 0 Å². The van der Waals surface area contributed by atoms with Crippen molar-refractivity contribution in [3.8, 4) is 0 Å². The maximum absolute atomic E-state index is 11.3. The fraction of sp³-hybridized carbons (Fsp3) is 0.889. The van der Waals surface area contributed by atoms with Gasteiger partial charge in [-0.25, -0.2) is 4.79 Å². The molecule has 5 nitrogen and oxygen atoms in total. The summed E-state index contributed by atoms with van der Waals surface area (Å²) in [6, 6.07) is 0. The lowest BCUT2D eigenvalue weighted by Gasteiger charge is -2.27. The van der Waals surface area contributed by atoms with Gasteiger partial charge in [-0.3, -0.25) is 0 Å². The Balaban J connectivity index is 2.25. The third-order valence-electron chi connectivity index (χ3n) is 1.77. The third-order valence-corrected chi connectivity index (χ3v) is 1.77. The highest BCUT2D eigenvalue weighted by Gasteiger charge is 2.18. The fourth-order valence-electron chi connectivity index (χ4n) is 1.18. The van der Waals surface area contributed by atoms with Crippen LogP contribution in [0.3, 0.4) is 0 Å². The van der Waals surface area contributed by atoms with Crippen LogP contribution in [0.25, 0.3) is 0 Å². The molecule has 2 N–H and O–H groups in total. The molecule has 0 radical (unpaired) electrons. The molecular formula is C9H19N3O2. The van der Waals surface area contributed by atoms with Crippen molar-refractivity contribution < 1.29 is 9.63 Å². The Labute approximate surface area is 84.7 Å². The van der Waals surface area contributed by atoms with Crippen LogP contribution in [0.1, 0.15) is 20.8 Å². The van der Waals surface area contributed by atoms with Gasteiger partial charge in [0.15, 0.2) is 0 Å². The molecule has 0 saturated carbocycles. The molecule has 1 saturated heterocycles. The van der Waals surface area contributed by atoms with E-state index in [4.69, 9.17) is 4.84 Å². The number of rotatable bonds is 1. The van der Waals surface area contributed by atoms with Crippen molar-refractivity contribution in [2.24, 2.45) is 0 Å². The first-order valence-electron chi connectivity index (χ1n) is 4.93. The van der Waals surface area contributed by atoms with Gasteiger partial charge in [0, 0.05) is 31.7 Å². The molecule has 0 atom stereocenters. The molecule has 1 aliphatic heterocycles. The van der Waals surface area contributed by atoms with Crippen molar-refractivity contribution in [1.82, 2.24) is 15.7 Å². The minimum atomic E-state index is -0.376. The molecule has 1 heterocycles. The van der Waals surface area contributed by atoms with E-state index >= 15 is 0 Å². The van der Waals surface area contributed by atoms with E-state index in [1.807, 2.05) is 20.8 Å². The zero-order valence-corrected chi connectivity index (χ0v) is 9.09. The molecule has 0 unspecified atom stereocenters. The summed E-state index contributed by atoms with van der Waals surface area (Å²) in [5.41, 5.74) is -0.245. The summed E-state index contributed by atoms with van der Waals surface area (Å²) >= 11 is 0. The largest absolute Gasteiger partial charge is 0.426 e. The minimum Gasteiger partial charge on any atom is -0.351 e. The molecule has 0 bridgehead atoms. The smallest absolute Gasteiger partial charge is 0.351 e. The lowest BCUT2D eigenvalue weighted by molar-refractivity contribution is -0.107. The molecule has 0 spiro atoms. The van der Waals surface area contributed by atoms with E-state index in [1.165, 1.54) is 0 Å². The zero-order valence-electron chi connectivity index (χ0n) is 9.09. The van der Waals surface area contributed by atoms with Crippen LogP contribution in [0, 0.1) is 0 Å². The van der Waals surface area contributed by atoms with Crippen LogP contribution >= 0.6 is 0 Å². The van der Waals surface area contributed by atoms with E-state index in [0.29, 0.717) is 0 Å². The summed E-state index contributed by atoms with van der Waals surface area (Å²) in [5, 5.41) is 7.60. The van der Waals surface area contributed by atoms with Crippen molar-refractivity contribution in [2.45, 2.75) is 26.3 Å². The number of nitrogens with one attached hydrogen (secondary N) is 2. The van der Waals surface area contributed by atoms with Gasteiger partial charge in [0.25, 0.3) is 0 Å². The predicted molar refractivity (Wildman–Crippen MR) is 53.8 cm³/mol. The maximum atomic E-state index is 11.3. The van der Waals surface area contributed by atoms with Crippen LogP contribution in [0.15, 0.2) is 0 Å². The van der Waals surface area contributed by atoms with Gasteiger partial charge in [0.1, 0.15) is 0 Å². The number of piperazine rings is 1. The molecule has 0 aliphatic carbocycles. The summed E-state index contributed by atoms with van der Waals surface area (Å²) in [6.07, 6.45) is -0.376. The molecule has 0 aromatic carbocycles. The Kier molecular flexibility index (Phi) is 3.71. The second-order valence-corrected chi connectivity index (χ2v) is 4.43. The summed E-state index contributed by atoms with van der Waals surface area (Å²) in [6.45, 7) is 8.99. The van der Waals surface area contributed by atoms with E-state index in [0.717, 1.165) is 26.2 Å². The minimum absolute atomic E-state index is 0.245. The average molecular weight is 201 g/mol. The fourth-order valence-corrected chi connectivity index (χ4v) is 1.18. The molecule has 1 aliphatic rings. The van der Waals surface area contributed by atoms with Gasteiger partial charge in [-0.05, 0) is 20.8 Å². The molecule has 1 fully saturated rings. The van der Waals surface area contributed by atoms with Crippen molar-refractivity contribution in [3.63, 3.8) is 0 Å². The van der Waals surface area contributed by atoms with Crippen molar-refractivity contribution in [3.05, 3.63) is 0 Å². The van der Waals surface area contributed by atoms with Crippen LogP contribution in [-0.2, 0) is 4.84 Å². The summed E-state index contributed by atoms with van der Waals surface area (Å²) in [5.74, 6) is 0. The van der Waals surface area contributed by atoms with Crippen LogP contribution in [0.5, 0.6) is 0 Å². The zero-order chi connectivity index (χ0) is 10.6. The number of hydrogen-bond acceptors (Lipinski definition) is 4. The molecule has 14 heavy (non-hydrogen) atoms. The van der Waals surface area contributed by atoms with E-state index in [1.54, 1.807) is 5.06 Å². The van der Waals surface area contributed by atoms with E-state index < -0.39 is 0 Å². The Morgan fingerprint density at radius 1 is 1.36 bits per heavy atom. The predicted octanol–water partition coefficient (Wildman–Crippen LogP) is 0.331. The van der Waals surface area contributed by atoms with Crippen molar-refractivity contribution in [2.75, 3.05) is 26.2 Å². The number of carbonyl (C=O) groups excluding carboxylic acids is 1. The van der Waals surface area contributed by atoms with Gasteiger partial charge < -0.3 is 15.5 Å². The average Bonchev–Trinajstić information content (AvgIpc) is 2.02. The molecule has 0 aromatic rings. The van der Waals surface area contributed by atoms with E-state index in [-0.39, 0.29) is 11.6 Å². The summed E-state index contributed by atoms with van der Waals surface area (Å²) in [4.78, 5) is 16.4. The Bertz CT molecular complexity index is 195. The van der Waals surface area contributed by atoms with Gasteiger partial charge in [-0.15, -0.1) is 5.06 Å². The number of amides is 1. The SMILES string of the molecule is CC(C)(C)NC(=O)ON1CCNCC1. The van der Waals surface area contributed by atoms with Crippen LogP contribution in [0.2, 0.25) is 0 Å². The molecule has 0 aromatic heterocycles. The first-order valence-corrected chi connectivity index (χ1v) is 4.93. The molecule has 1 amide bonds. The van der Waals surface area contributed by atoms with Gasteiger partial charge in [0.2, 0.25) is 0 Å². The summed E-state index contributed by atoms with van der Waals surface area (Å²) in [7, 11) is 0. The maximum Gasteiger partial charge on any atom is 0.426 e. The first kappa shape index (κ1) is 11.3. The van der Waals surface area contributed by atoms with E-state index in [9.17, 15) is 4.79 Å². The topological polar surface area (TPSA) is 53.6 Å². The highest BCUT2D eigenvalue weighted by molar-refractivity contribution is 5.67. The van der Waals surface area contributed by atoms with Gasteiger partial charge in [-0.1, -0.05) is 0 Å². The number of carbonyl (C=O) groups is 1. The summed E-state index contributed by atoms with van der Waals surface area (Å²) < 4.78 is 0. The second kappa shape index (κ2) is 4.61. The quantitative estimate of drug-likeness (QED) is 0.642. The van der Waals surface area contributed by atoms with Crippen LogP contribution in [0.4, 0.5) is 4.79 Å². The second-order valence-electron chi connectivity index (χ2n) is 4.43.